The highest BCUT2D eigenvalue weighted by atomic mass is 16.5. The molecule has 1 aromatic heterocycles. The summed E-state index contributed by atoms with van der Waals surface area (Å²) < 4.78 is 10.6. The van der Waals surface area contributed by atoms with Crippen molar-refractivity contribution in [2.75, 3.05) is 40.3 Å². The van der Waals surface area contributed by atoms with Gasteiger partial charge in [-0.2, -0.15) is 0 Å². The zero-order valence-electron chi connectivity index (χ0n) is 15.5. The molecule has 2 heterocycles. The highest BCUT2D eigenvalue weighted by Gasteiger charge is 2.31. The number of ether oxygens (including phenoxy) is 1. The molecule has 3 N–H and O–H groups in total. The van der Waals surface area contributed by atoms with Crippen LogP contribution in [0.1, 0.15) is 36.8 Å². The van der Waals surface area contributed by atoms with Gasteiger partial charge >= 0.3 is 0 Å². The van der Waals surface area contributed by atoms with E-state index in [0.29, 0.717) is 31.0 Å². The topological polar surface area (TPSA) is 122 Å². The van der Waals surface area contributed by atoms with Gasteiger partial charge < -0.3 is 29.9 Å². The van der Waals surface area contributed by atoms with Crippen LogP contribution in [0.25, 0.3) is 0 Å². The van der Waals surface area contributed by atoms with Crippen molar-refractivity contribution in [3.05, 3.63) is 17.5 Å². The van der Waals surface area contributed by atoms with Gasteiger partial charge in [-0.3, -0.25) is 9.59 Å². The molecule has 1 atom stereocenters. The lowest BCUT2D eigenvalue weighted by atomic mass is 9.98. The number of likely N-dealkylation sites (N-methyl/N-ethyl adjacent to an activating group) is 1. The molecule has 9 heteroatoms. The van der Waals surface area contributed by atoms with E-state index in [-0.39, 0.29) is 12.0 Å². The second kappa shape index (κ2) is 8.93. The quantitative estimate of drug-likeness (QED) is 0.793. The number of aromatic nitrogens is 1. The van der Waals surface area contributed by atoms with Crippen molar-refractivity contribution in [1.82, 2.24) is 15.0 Å². The summed E-state index contributed by atoms with van der Waals surface area (Å²) in [7, 11) is 3.97. The van der Waals surface area contributed by atoms with Crippen LogP contribution in [-0.4, -0.2) is 78.4 Å². The molecular formula is C16H28N4O5. The van der Waals surface area contributed by atoms with Crippen LogP contribution in [0.15, 0.2) is 10.8 Å². The number of carboxylic acid groups (broad SMARTS) is 1. The summed E-state index contributed by atoms with van der Waals surface area (Å²) in [4.78, 5) is 25.5. The molecule has 9 nitrogen and oxygen atoms in total. The molecule has 1 aromatic rings. The van der Waals surface area contributed by atoms with E-state index < -0.39 is 11.5 Å². The Hall–Kier alpha value is -1.97. The first-order valence-electron chi connectivity index (χ1n) is 8.01. The van der Waals surface area contributed by atoms with E-state index in [1.807, 2.05) is 19.0 Å². The Balaban J connectivity index is 0.000000705. The van der Waals surface area contributed by atoms with Gasteiger partial charge in [0.25, 0.3) is 11.9 Å². The van der Waals surface area contributed by atoms with Crippen LogP contribution in [0.2, 0.25) is 0 Å². The van der Waals surface area contributed by atoms with Gasteiger partial charge in [0.2, 0.25) is 0 Å². The highest BCUT2D eigenvalue weighted by Crippen LogP contribution is 2.22. The summed E-state index contributed by atoms with van der Waals surface area (Å²) in [6.45, 7) is 7.14. The summed E-state index contributed by atoms with van der Waals surface area (Å²) in [5.74, 6) is -0.933. The number of nitrogens with two attached hydrogens (primary N) is 1. The van der Waals surface area contributed by atoms with E-state index in [0.717, 1.165) is 13.5 Å². The number of hydrogen-bond donors (Lipinski definition) is 2. The van der Waals surface area contributed by atoms with Crippen LogP contribution in [0.4, 0.5) is 0 Å². The number of morpholine rings is 1. The molecule has 0 saturated carbocycles. The first kappa shape index (κ1) is 21.1. The first-order valence-corrected chi connectivity index (χ1v) is 8.01. The lowest BCUT2D eigenvalue weighted by Gasteiger charge is -2.34. The number of carboxylic acids is 1. The van der Waals surface area contributed by atoms with Gasteiger partial charge in [-0.05, 0) is 27.9 Å². The molecule has 25 heavy (non-hydrogen) atoms. The molecule has 1 amide bonds. The lowest BCUT2D eigenvalue weighted by Crippen LogP contribution is -2.49. The predicted molar refractivity (Wildman–Crippen MR) is 91.2 cm³/mol. The molecule has 1 unspecified atom stereocenters. The number of carbonyl (C=O) groups excluding carboxylic acids is 1. The van der Waals surface area contributed by atoms with E-state index >= 15 is 0 Å². The minimum Gasteiger partial charge on any atom is -0.481 e. The summed E-state index contributed by atoms with van der Waals surface area (Å²) in [5, 5.41) is 11.3. The average Bonchev–Trinajstić information content (AvgIpc) is 2.95. The van der Waals surface area contributed by atoms with E-state index in [1.54, 1.807) is 18.7 Å². The van der Waals surface area contributed by atoms with Gasteiger partial charge in [0, 0.05) is 26.6 Å². The van der Waals surface area contributed by atoms with Gasteiger partial charge in [0.05, 0.1) is 18.2 Å². The fourth-order valence-electron chi connectivity index (χ4n) is 2.45. The Kier molecular flexibility index (Phi) is 7.53. The Bertz CT molecular complexity index is 575. The first-order chi connectivity index (χ1) is 11.5. The maximum atomic E-state index is 12.7. The van der Waals surface area contributed by atoms with Gasteiger partial charge in [-0.15, -0.1) is 0 Å². The Morgan fingerprint density at radius 2 is 2.08 bits per heavy atom. The molecule has 2 rings (SSSR count). The Morgan fingerprint density at radius 1 is 1.48 bits per heavy atom. The zero-order chi connectivity index (χ0) is 19.2. The third-order valence-corrected chi connectivity index (χ3v) is 3.41. The van der Waals surface area contributed by atoms with Crippen molar-refractivity contribution in [1.29, 1.82) is 0 Å². The van der Waals surface area contributed by atoms with Crippen LogP contribution in [0, 0.1) is 0 Å². The lowest BCUT2D eigenvalue weighted by molar-refractivity contribution is -0.134. The van der Waals surface area contributed by atoms with Crippen LogP contribution in [0.5, 0.6) is 0 Å². The molecule has 1 saturated heterocycles. The molecule has 0 aliphatic carbocycles. The summed E-state index contributed by atoms with van der Waals surface area (Å²) in [5.41, 5.74) is 6.25. The van der Waals surface area contributed by atoms with Gasteiger partial charge in [-0.25, -0.2) is 0 Å². The summed E-state index contributed by atoms with van der Waals surface area (Å²) in [6.07, 6.45) is 1.40. The van der Waals surface area contributed by atoms with E-state index in [9.17, 15) is 4.79 Å². The molecule has 1 aliphatic heterocycles. The van der Waals surface area contributed by atoms with E-state index in [1.165, 1.54) is 6.26 Å². The van der Waals surface area contributed by atoms with Crippen molar-refractivity contribution >= 4 is 11.9 Å². The number of carbonyl (C=O) groups is 2. The Morgan fingerprint density at radius 3 is 2.60 bits per heavy atom. The average molecular weight is 356 g/mol. The van der Waals surface area contributed by atoms with Crippen LogP contribution >= 0.6 is 0 Å². The fraction of sp³-hybridized carbons (Fsp3) is 0.688. The number of aliphatic carboxylic acids is 1. The van der Waals surface area contributed by atoms with E-state index in [2.05, 4.69) is 5.16 Å². The Labute approximate surface area is 147 Å². The van der Waals surface area contributed by atoms with Crippen molar-refractivity contribution in [3.8, 4) is 0 Å². The maximum Gasteiger partial charge on any atom is 0.300 e. The molecular weight excluding hydrogens is 328 g/mol. The zero-order valence-corrected chi connectivity index (χ0v) is 15.5. The molecule has 0 radical (unpaired) electrons. The molecule has 1 fully saturated rings. The second-order valence-electron chi connectivity index (χ2n) is 6.82. The summed E-state index contributed by atoms with van der Waals surface area (Å²) in [6, 6.07) is 0. The standard InChI is InChI=1S/C14H24N4O3.C2H4O2/c1-14(2,15)12-11(9-21-16-12)13(19)18-5-6-20-10(8-18)7-17(3)4;1-2(3)4/h9-10H,5-8,15H2,1-4H3;1H3,(H,3,4). The van der Waals surface area contributed by atoms with Crippen molar-refractivity contribution in [3.63, 3.8) is 0 Å². The molecule has 1 aliphatic rings. The van der Waals surface area contributed by atoms with Crippen LogP contribution < -0.4 is 5.73 Å². The van der Waals surface area contributed by atoms with Gasteiger partial charge in [0.1, 0.15) is 17.5 Å². The number of hydrogen-bond acceptors (Lipinski definition) is 7. The van der Waals surface area contributed by atoms with Crippen molar-refractivity contribution in [2.24, 2.45) is 5.73 Å². The minimum atomic E-state index is -0.833. The fourth-order valence-corrected chi connectivity index (χ4v) is 2.45. The number of nitrogens with zero attached hydrogens (tertiary/aromatic N) is 3. The van der Waals surface area contributed by atoms with Crippen molar-refractivity contribution < 1.29 is 24.0 Å². The monoisotopic (exact) mass is 356 g/mol. The SMILES string of the molecule is CC(=O)O.CN(C)CC1CN(C(=O)c2conc2C(C)(C)N)CCO1. The molecule has 142 valence electrons. The highest BCUT2D eigenvalue weighted by molar-refractivity contribution is 5.95. The minimum absolute atomic E-state index is 0.0203. The number of rotatable bonds is 4. The predicted octanol–water partition coefficient (Wildman–Crippen LogP) is 0.362. The molecule has 0 bridgehead atoms. The van der Waals surface area contributed by atoms with Crippen LogP contribution in [0.3, 0.4) is 0 Å². The smallest absolute Gasteiger partial charge is 0.300 e. The largest absolute Gasteiger partial charge is 0.481 e. The van der Waals surface area contributed by atoms with Crippen LogP contribution in [-0.2, 0) is 15.1 Å². The normalized spacial score (nSPS) is 17.9. The molecule has 0 aromatic carbocycles. The van der Waals surface area contributed by atoms with E-state index in [4.69, 9.17) is 24.9 Å². The van der Waals surface area contributed by atoms with Crippen molar-refractivity contribution in [2.45, 2.75) is 32.4 Å². The third-order valence-electron chi connectivity index (χ3n) is 3.41. The van der Waals surface area contributed by atoms with Gasteiger partial charge in [0.15, 0.2) is 0 Å². The summed E-state index contributed by atoms with van der Waals surface area (Å²) >= 11 is 0. The number of amides is 1. The maximum absolute atomic E-state index is 12.7. The third kappa shape index (κ3) is 6.81. The molecule has 0 spiro atoms. The second-order valence-corrected chi connectivity index (χ2v) is 6.82. The van der Waals surface area contributed by atoms with Gasteiger partial charge in [-0.1, -0.05) is 5.16 Å².